The van der Waals surface area contributed by atoms with Crippen LogP contribution in [0.5, 0.6) is 5.75 Å². The van der Waals surface area contributed by atoms with Gasteiger partial charge in [-0.05, 0) is 61.1 Å². The lowest BCUT2D eigenvalue weighted by molar-refractivity contribution is 0.172. The summed E-state index contributed by atoms with van der Waals surface area (Å²) in [4.78, 5) is 0. The molecule has 0 aliphatic heterocycles. The summed E-state index contributed by atoms with van der Waals surface area (Å²) in [6.07, 6.45) is 9.09. The first-order valence-electron chi connectivity index (χ1n) is 10.5. The average molecular weight is 362 g/mol. The van der Waals surface area contributed by atoms with Gasteiger partial charge in [-0.3, -0.25) is 0 Å². The van der Waals surface area contributed by atoms with Crippen LogP contribution < -0.4 is 10.5 Å². The first-order valence-corrected chi connectivity index (χ1v) is 10.5. The summed E-state index contributed by atoms with van der Waals surface area (Å²) >= 11 is 0. The topological polar surface area (TPSA) is 55.5 Å². The molecular weight excluding hydrogens is 322 g/mol. The smallest absolute Gasteiger partial charge is 0.119 e. The number of aliphatic hydroxyl groups is 1. The zero-order chi connectivity index (χ0) is 19.0. The number of rotatable bonds is 13. The lowest BCUT2D eigenvalue weighted by Crippen LogP contribution is -2.44. The summed E-state index contributed by atoms with van der Waals surface area (Å²) in [7, 11) is 0. The van der Waals surface area contributed by atoms with E-state index in [4.69, 9.17) is 10.5 Å². The number of hydrogen-bond donors (Lipinski definition) is 2. The largest absolute Gasteiger partial charge is 0.493 e. The molecule has 1 aliphatic carbocycles. The van der Waals surface area contributed by atoms with Crippen molar-refractivity contribution in [3.05, 3.63) is 29.8 Å². The fraction of sp³-hybridized carbons (Fsp3) is 0.739. The molecule has 3 heteroatoms. The predicted octanol–water partition coefficient (Wildman–Crippen LogP) is 4.95. The Hall–Kier alpha value is -1.06. The second-order valence-electron chi connectivity index (χ2n) is 9.05. The van der Waals surface area contributed by atoms with E-state index in [2.05, 4.69) is 45.0 Å². The van der Waals surface area contributed by atoms with Gasteiger partial charge >= 0.3 is 0 Å². The van der Waals surface area contributed by atoms with E-state index < -0.39 is 5.54 Å². The highest BCUT2D eigenvalue weighted by molar-refractivity contribution is 5.27. The highest BCUT2D eigenvalue weighted by atomic mass is 16.5. The Bertz CT molecular complexity index is 509. The molecule has 1 saturated carbocycles. The van der Waals surface area contributed by atoms with Gasteiger partial charge in [0.25, 0.3) is 0 Å². The van der Waals surface area contributed by atoms with Crippen molar-refractivity contribution in [2.24, 2.45) is 23.5 Å². The monoisotopic (exact) mass is 361 g/mol. The first kappa shape index (κ1) is 21.2. The molecular formula is C23H39NO2. The molecule has 0 bridgehead atoms. The van der Waals surface area contributed by atoms with Crippen molar-refractivity contribution in [3.63, 3.8) is 0 Å². The third-order valence-corrected chi connectivity index (χ3v) is 5.55. The van der Waals surface area contributed by atoms with Gasteiger partial charge in [-0.1, -0.05) is 58.6 Å². The van der Waals surface area contributed by atoms with Crippen LogP contribution in [-0.2, 0) is 6.42 Å². The average Bonchev–Trinajstić information content (AvgIpc) is 3.42. The lowest BCUT2D eigenvalue weighted by Gasteiger charge is -2.27. The summed E-state index contributed by atoms with van der Waals surface area (Å²) in [5.74, 6) is 3.07. The Labute approximate surface area is 160 Å². The number of aliphatic hydroxyl groups excluding tert-OH is 1. The second-order valence-corrected chi connectivity index (χ2v) is 9.05. The summed E-state index contributed by atoms with van der Waals surface area (Å²) in [6, 6.07) is 8.39. The molecule has 1 aliphatic rings. The van der Waals surface area contributed by atoms with Crippen LogP contribution in [0.4, 0.5) is 0 Å². The number of hydrogen-bond acceptors (Lipinski definition) is 3. The van der Waals surface area contributed by atoms with Gasteiger partial charge in [-0.15, -0.1) is 0 Å². The predicted molar refractivity (Wildman–Crippen MR) is 109 cm³/mol. The number of aryl methyl sites for hydroxylation is 1. The van der Waals surface area contributed by atoms with Crippen LogP contribution in [0.15, 0.2) is 24.3 Å². The number of ether oxygens (including phenoxy) is 1. The van der Waals surface area contributed by atoms with Gasteiger partial charge in [0, 0.05) is 5.54 Å². The normalized spacial score (nSPS) is 17.9. The molecule has 0 spiro atoms. The van der Waals surface area contributed by atoms with Gasteiger partial charge in [0.05, 0.1) is 13.2 Å². The maximum absolute atomic E-state index is 9.65. The third kappa shape index (κ3) is 8.09. The van der Waals surface area contributed by atoms with Crippen LogP contribution >= 0.6 is 0 Å². The molecule has 0 radical (unpaired) electrons. The fourth-order valence-electron chi connectivity index (χ4n) is 3.48. The summed E-state index contributed by atoms with van der Waals surface area (Å²) in [5, 5.41) is 9.65. The van der Waals surface area contributed by atoms with E-state index in [-0.39, 0.29) is 6.61 Å². The molecule has 3 N–H and O–H groups in total. The lowest BCUT2D eigenvalue weighted by atomic mass is 9.88. The molecule has 3 nitrogen and oxygen atoms in total. The molecule has 2 atom stereocenters. The van der Waals surface area contributed by atoms with Crippen molar-refractivity contribution in [1.29, 1.82) is 0 Å². The van der Waals surface area contributed by atoms with Crippen molar-refractivity contribution >= 4 is 0 Å². The highest BCUT2D eigenvalue weighted by Crippen LogP contribution is 2.37. The van der Waals surface area contributed by atoms with Gasteiger partial charge in [-0.25, -0.2) is 0 Å². The molecule has 1 aromatic rings. The van der Waals surface area contributed by atoms with Crippen LogP contribution in [0.25, 0.3) is 0 Å². The van der Waals surface area contributed by atoms with E-state index in [1.165, 1.54) is 37.7 Å². The molecule has 2 unspecified atom stereocenters. The molecule has 148 valence electrons. The van der Waals surface area contributed by atoms with Crippen molar-refractivity contribution < 1.29 is 9.84 Å². The first-order chi connectivity index (χ1) is 12.4. The van der Waals surface area contributed by atoms with E-state index in [1.807, 2.05) is 0 Å². The van der Waals surface area contributed by atoms with Crippen molar-refractivity contribution in [2.75, 3.05) is 13.2 Å². The maximum Gasteiger partial charge on any atom is 0.119 e. The summed E-state index contributed by atoms with van der Waals surface area (Å²) in [5.41, 5.74) is 7.23. The van der Waals surface area contributed by atoms with Gasteiger partial charge in [0.2, 0.25) is 0 Å². The highest BCUT2D eigenvalue weighted by Gasteiger charge is 2.33. The second kappa shape index (κ2) is 10.3. The van der Waals surface area contributed by atoms with Gasteiger partial charge in [-0.2, -0.15) is 0 Å². The van der Waals surface area contributed by atoms with Gasteiger partial charge in [0.15, 0.2) is 0 Å². The molecule has 0 amide bonds. The Morgan fingerprint density at radius 1 is 1.15 bits per heavy atom. The van der Waals surface area contributed by atoms with Crippen LogP contribution in [0.3, 0.4) is 0 Å². The molecule has 2 rings (SSSR count). The Balaban J connectivity index is 1.70. The SMILES string of the molecule is CC(C)CCCC(C)COc1ccc(CCC(N)(CO)CC2CC2)cc1. The van der Waals surface area contributed by atoms with Crippen molar-refractivity contribution in [1.82, 2.24) is 0 Å². The molecule has 0 saturated heterocycles. The fourth-order valence-corrected chi connectivity index (χ4v) is 3.48. The summed E-state index contributed by atoms with van der Waals surface area (Å²) < 4.78 is 5.94. The van der Waals surface area contributed by atoms with E-state index in [0.717, 1.165) is 43.5 Å². The Morgan fingerprint density at radius 3 is 2.42 bits per heavy atom. The third-order valence-electron chi connectivity index (χ3n) is 5.55. The Morgan fingerprint density at radius 2 is 1.85 bits per heavy atom. The Kier molecular flexibility index (Phi) is 8.43. The maximum atomic E-state index is 9.65. The number of benzene rings is 1. The molecule has 1 fully saturated rings. The van der Waals surface area contributed by atoms with Gasteiger partial charge < -0.3 is 15.6 Å². The minimum Gasteiger partial charge on any atom is -0.493 e. The van der Waals surface area contributed by atoms with Crippen molar-refractivity contribution in [3.8, 4) is 5.75 Å². The minimum atomic E-state index is -0.415. The zero-order valence-electron chi connectivity index (χ0n) is 17.0. The van der Waals surface area contributed by atoms with Crippen LogP contribution in [-0.4, -0.2) is 23.9 Å². The summed E-state index contributed by atoms with van der Waals surface area (Å²) in [6.45, 7) is 7.70. The van der Waals surface area contributed by atoms with Crippen LogP contribution in [0.1, 0.15) is 71.3 Å². The number of nitrogens with two attached hydrogens (primary N) is 1. The van der Waals surface area contributed by atoms with Crippen LogP contribution in [0, 0.1) is 17.8 Å². The molecule has 26 heavy (non-hydrogen) atoms. The van der Waals surface area contributed by atoms with E-state index in [9.17, 15) is 5.11 Å². The molecule has 0 aromatic heterocycles. The molecule has 0 heterocycles. The molecule has 1 aromatic carbocycles. The standard InChI is InChI=1S/C23H39NO2/c1-18(2)5-4-6-19(3)16-26-22-11-9-20(10-12-22)13-14-23(24,17-25)15-21-7-8-21/h9-12,18-19,21,25H,4-8,13-17,24H2,1-3H3. The van der Waals surface area contributed by atoms with E-state index in [1.54, 1.807) is 0 Å². The van der Waals surface area contributed by atoms with E-state index >= 15 is 0 Å². The van der Waals surface area contributed by atoms with E-state index in [0.29, 0.717) is 5.92 Å². The quantitative estimate of drug-likeness (QED) is 0.522. The minimum absolute atomic E-state index is 0.0827. The van der Waals surface area contributed by atoms with Crippen molar-refractivity contribution in [2.45, 2.75) is 77.7 Å². The zero-order valence-corrected chi connectivity index (χ0v) is 17.0. The van der Waals surface area contributed by atoms with Gasteiger partial charge in [0.1, 0.15) is 5.75 Å². The van der Waals surface area contributed by atoms with Crippen LogP contribution in [0.2, 0.25) is 0 Å².